The van der Waals surface area contributed by atoms with E-state index >= 15 is 0 Å². The third-order valence-corrected chi connectivity index (χ3v) is 3.81. The fourth-order valence-corrected chi connectivity index (χ4v) is 2.81. The number of aromatic amines is 2. The Hall–Kier alpha value is -2.96. The predicted octanol–water partition coefficient (Wildman–Crippen LogP) is 2.08. The summed E-state index contributed by atoms with van der Waals surface area (Å²) >= 11 is 0. The largest absolute Gasteiger partial charge is 0.323 e. The van der Waals surface area contributed by atoms with E-state index < -0.39 is 0 Å². The van der Waals surface area contributed by atoms with Gasteiger partial charge in [0.15, 0.2) is 0 Å². The lowest BCUT2D eigenvalue weighted by Gasteiger charge is -2.13. The first-order valence-electron chi connectivity index (χ1n) is 7.05. The molecule has 0 aliphatic heterocycles. The Morgan fingerprint density at radius 2 is 2.14 bits per heavy atom. The van der Waals surface area contributed by atoms with Gasteiger partial charge < -0.3 is 4.98 Å². The van der Waals surface area contributed by atoms with Gasteiger partial charge in [-0.25, -0.2) is 0 Å². The van der Waals surface area contributed by atoms with Gasteiger partial charge in [0.05, 0.1) is 17.4 Å². The van der Waals surface area contributed by atoms with Crippen LogP contribution in [0.15, 0.2) is 35.5 Å². The molecule has 3 heterocycles. The van der Waals surface area contributed by atoms with Crippen molar-refractivity contribution in [3.05, 3.63) is 46.6 Å². The Balaban J connectivity index is 2.16. The average molecular weight is 294 g/mol. The Labute approximate surface area is 125 Å². The molecular formula is C15H14N6O. The topological polar surface area (TPSA) is 91.7 Å². The molecule has 0 saturated carbocycles. The van der Waals surface area contributed by atoms with Gasteiger partial charge in [0, 0.05) is 16.5 Å². The van der Waals surface area contributed by atoms with Crippen molar-refractivity contribution >= 4 is 16.7 Å². The minimum absolute atomic E-state index is 0.0505. The van der Waals surface area contributed by atoms with Crippen LogP contribution in [0.4, 0.5) is 0 Å². The van der Waals surface area contributed by atoms with Gasteiger partial charge >= 0.3 is 0 Å². The van der Waals surface area contributed by atoms with Crippen LogP contribution in [0.2, 0.25) is 0 Å². The maximum atomic E-state index is 12.7. The zero-order valence-electron chi connectivity index (χ0n) is 12.2. The summed E-state index contributed by atoms with van der Waals surface area (Å²) in [6.45, 7) is 3.98. The number of H-pyrrole nitrogens is 2. The Kier molecular flexibility index (Phi) is 2.62. The molecule has 0 atom stereocenters. The van der Waals surface area contributed by atoms with Gasteiger partial charge in [0.25, 0.3) is 5.56 Å². The third-order valence-electron chi connectivity index (χ3n) is 3.81. The molecule has 0 aliphatic carbocycles. The highest BCUT2D eigenvalue weighted by Crippen LogP contribution is 2.30. The smallest absolute Gasteiger partial charge is 0.279 e. The van der Waals surface area contributed by atoms with Crippen molar-refractivity contribution in [1.82, 2.24) is 29.8 Å². The molecule has 7 heteroatoms. The summed E-state index contributed by atoms with van der Waals surface area (Å²) in [6, 6.07) is 5.86. The van der Waals surface area contributed by atoms with Gasteiger partial charge in [0.2, 0.25) is 5.78 Å². The maximum Gasteiger partial charge on any atom is 0.279 e. The van der Waals surface area contributed by atoms with E-state index in [4.69, 9.17) is 0 Å². The monoisotopic (exact) mass is 294 g/mol. The van der Waals surface area contributed by atoms with E-state index in [0.717, 1.165) is 22.2 Å². The number of nitrogens with one attached hydrogen (secondary N) is 2. The minimum atomic E-state index is -0.142. The number of aromatic nitrogens is 6. The molecule has 0 amide bonds. The fourth-order valence-electron chi connectivity index (χ4n) is 2.81. The van der Waals surface area contributed by atoms with E-state index in [9.17, 15) is 4.79 Å². The summed E-state index contributed by atoms with van der Waals surface area (Å²) in [5.74, 6) is 0.486. The summed E-state index contributed by atoms with van der Waals surface area (Å²) < 4.78 is 1.30. The lowest BCUT2D eigenvalue weighted by molar-refractivity contribution is 0.797. The third kappa shape index (κ3) is 1.68. The molecular weight excluding hydrogens is 280 g/mol. The highest BCUT2D eigenvalue weighted by molar-refractivity contribution is 5.94. The first kappa shape index (κ1) is 12.8. The fraction of sp³-hybridized carbons (Fsp3) is 0.200. The van der Waals surface area contributed by atoms with E-state index in [-0.39, 0.29) is 11.5 Å². The molecule has 0 saturated heterocycles. The van der Waals surface area contributed by atoms with E-state index in [0.29, 0.717) is 11.3 Å². The first-order valence-corrected chi connectivity index (χ1v) is 7.05. The van der Waals surface area contributed by atoms with Crippen LogP contribution in [-0.2, 0) is 0 Å². The normalized spacial score (nSPS) is 11.8. The summed E-state index contributed by atoms with van der Waals surface area (Å²) in [7, 11) is 0. The van der Waals surface area contributed by atoms with Crippen molar-refractivity contribution < 1.29 is 0 Å². The van der Waals surface area contributed by atoms with Gasteiger partial charge in [-0.15, -0.1) is 0 Å². The summed E-state index contributed by atoms with van der Waals surface area (Å²) in [4.78, 5) is 20.1. The van der Waals surface area contributed by atoms with Gasteiger partial charge in [-0.2, -0.15) is 19.7 Å². The minimum Gasteiger partial charge on any atom is -0.323 e. The molecule has 0 fully saturated rings. The second-order valence-corrected chi connectivity index (χ2v) is 5.51. The molecule has 0 unspecified atom stereocenters. The van der Waals surface area contributed by atoms with Crippen LogP contribution in [0.3, 0.4) is 0 Å². The predicted molar refractivity (Wildman–Crippen MR) is 82.8 cm³/mol. The molecule has 7 nitrogen and oxygen atoms in total. The number of rotatable bonds is 2. The molecule has 0 aliphatic rings. The van der Waals surface area contributed by atoms with Crippen molar-refractivity contribution in [2.75, 3.05) is 0 Å². The van der Waals surface area contributed by atoms with Crippen LogP contribution >= 0.6 is 0 Å². The molecule has 4 aromatic rings. The van der Waals surface area contributed by atoms with Gasteiger partial charge in [0.1, 0.15) is 6.33 Å². The number of hydrogen-bond donors (Lipinski definition) is 2. The Morgan fingerprint density at radius 3 is 2.95 bits per heavy atom. The zero-order chi connectivity index (χ0) is 15.3. The SMILES string of the molecule is CC(C)c1c(-c2cccc3[nH]ncc23)[nH]c2ncnn2c1=O. The number of benzene rings is 1. The Morgan fingerprint density at radius 1 is 1.27 bits per heavy atom. The summed E-state index contributed by atoms with van der Waals surface area (Å²) in [5.41, 5.74) is 3.17. The molecule has 22 heavy (non-hydrogen) atoms. The van der Waals surface area contributed by atoms with Crippen molar-refractivity contribution in [2.24, 2.45) is 0 Å². The lowest BCUT2D eigenvalue weighted by atomic mass is 9.96. The molecule has 1 aromatic carbocycles. The van der Waals surface area contributed by atoms with Crippen LogP contribution in [0.5, 0.6) is 0 Å². The van der Waals surface area contributed by atoms with Gasteiger partial charge in [-0.05, 0) is 12.0 Å². The number of nitrogens with zero attached hydrogens (tertiary/aromatic N) is 4. The van der Waals surface area contributed by atoms with Crippen LogP contribution in [0, 0.1) is 0 Å². The average Bonchev–Trinajstić information content (AvgIpc) is 3.14. The van der Waals surface area contributed by atoms with Crippen molar-refractivity contribution in [2.45, 2.75) is 19.8 Å². The first-order chi connectivity index (χ1) is 10.7. The van der Waals surface area contributed by atoms with E-state index in [1.807, 2.05) is 32.0 Å². The zero-order valence-corrected chi connectivity index (χ0v) is 12.2. The van der Waals surface area contributed by atoms with Gasteiger partial charge in [-0.3, -0.25) is 9.89 Å². The summed E-state index contributed by atoms with van der Waals surface area (Å²) in [6.07, 6.45) is 3.14. The standard InChI is InChI=1S/C15H14N6O/c1-8(2)12-13(19-15-16-7-18-21(15)14(12)22)9-4-3-5-11-10(9)6-17-20-11/h3-8H,1-2H3,(H,17,20)(H,16,18,19). The molecule has 0 bridgehead atoms. The van der Waals surface area contributed by atoms with Crippen LogP contribution in [0.1, 0.15) is 25.3 Å². The van der Waals surface area contributed by atoms with Crippen molar-refractivity contribution in [3.63, 3.8) is 0 Å². The quantitative estimate of drug-likeness (QED) is 0.592. The van der Waals surface area contributed by atoms with E-state index in [1.165, 1.54) is 10.8 Å². The van der Waals surface area contributed by atoms with E-state index in [1.54, 1.807) is 6.20 Å². The highest BCUT2D eigenvalue weighted by Gasteiger charge is 2.19. The molecule has 110 valence electrons. The highest BCUT2D eigenvalue weighted by atomic mass is 16.1. The van der Waals surface area contributed by atoms with Crippen molar-refractivity contribution in [3.8, 4) is 11.3 Å². The van der Waals surface area contributed by atoms with Crippen LogP contribution in [0.25, 0.3) is 27.9 Å². The lowest BCUT2D eigenvalue weighted by Crippen LogP contribution is -2.22. The van der Waals surface area contributed by atoms with Crippen LogP contribution < -0.4 is 5.56 Å². The number of fused-ring (bicyclic) bond motifs is 2. The molecule has 4 rings (SSSR count). The number of hydrogen-bond acceptors (Lipinski definition) is 4. The Bertz CT molecular complexity index is 1040. The molecule has 3 aromatic heterocycles. The molecule has 0 spiro atoms. The van der Waals surface area contributed by atoms with Gasteiger partial charge in [-0.1, -0.05) is 26.0 Å². The van der Waals surface area contributed by atoms with Crippen molar-refractivity contribution in [1.29, 1.82) is 0 Å². The van der Waals surface area contributed by atoms with E-state index in [2.05, 4.69) is 25.3 Å². The van der Waals surface area contributed by atoms with Crippen LogP contribution in [-0.4, -0.2) is 29.8 Å². The molecule has 0 radical (unpaired) electrons. The summed E-state index contributed by atoms with van der Waals surface area (Å²) in [5, 5.41) is 12.0. The second kappa shape index (κ2) is 4.52. The maximum absolute atomic E-state index is 12.7. The second-order valence-electron chi connectivity index (χ2n) is 5.51. The molecule has 2 N–H and O–H groups in total.